The molecule has 0 spiro atoms. The van der Waals surface area contributed by atoms with Crippen LogP contribution in [0.15, 0.2) is 18.2 Å². The monoisotopic (exact) mass is 247 g/mol. The summed E-state index contributed by atoms with van der Waals surface area (Å²) in [6.45, 7) is 2.63. The van der Waals surface area contributed by atoms with Gasteiger partial charge >= 0.3 is 0 Å². The Labute approximate surface area is 108 Å². The Morgan fingerprint density at radius 2 is 2.28 bits per heavy atom. The van der Waals surface area contributed by atoms with E-state index >= 15 is 0 Å². The number of hydrogen-bond donors (Lipinski definition) is 2. The van der Waals surface area contributed by atoms with Crippen LogP contribution in [0.3, 0.4) is 0 Å². The van der Waals surface area contributed by atoms with Crippen molar-refractivity contribution in [1.82, 2.24) is 5.32 Å². The molecule has 0 saturated heterocycles. The van der Waals surface area contributed by atoms with Gasteiger partial charge in [0.2, 0.25) is 0 Å². The van der Waals surface area contributed by atoms with Gasteiger partial charge in [-0.2, -0.15) is 0 Å². The fourth-order valence-electron chi connectivity index (χ4n) is 3.01. The molecule has 3 heteroatoms. The number of benzene rings is 1. The van der Waals surface area contributed by atoms with Crippen LogP contribution in [0.1, 0.15) is 30.4 Å². The summed E-state index contributed by atoms with van der Waals surface area (Å²) in [6, 6.07) is 6.44. The molecular weight excluding hydrogens is 226 g/mol. The molecule has 0 radical (unpaired) electrons. The summed E-state index contributed by atoms with van der Waals surface area (Å²) in [6.07, 6.45) is 4.24. The largest absolute Gasteiger partial charge is 0.493 e. The second kappa shape index (κ2) is 5.29. The number of fused-ring (bicyclic) bond motifs is 1. The summed E-state index contributed by atoms with van der Waals surface area (Å²) in [5.74, 6) is 1.49. The molecule has 1 aliphatic heterocycles. The summed E-state index contributed by atoms with van der Waals surface area (Å²) in [5, 5.41) is 13.2. The first kappa shape index (κ1) is 12.0. The maximum atomic E-state index is 9.76. The van der Waals surface area contributed by atoms with E-state index in [-0.39, 0.29) is 6.10 Å². The number of ether oxygens (including phenoxy) is 1. The molecule has 1 aromatic rings. The van der Waals surface area contributed by atoms with E-state index in [9.17, 15) is 5.11 Å². The van der Waals surface area contributed by atoms with E-state index in [0.717, 1.165) is 44.7 Å². The average Bonchev–Trinajstić information content (AvgIpc) is 2.98. The fraction of sp³-hybridized carbons (Fsp3) is 0.600. The second-order valence-corrected chi connectivity index (χ2v) is 5.43. The molecule has 1 fully saturated rings. The Morgan fingerprint density at radius 3 is 3.11 bits per heavy atom. The minimum atomic E-state index is -0.0917. The van der Waals surface area contributed by atoms with Crippen molar-refractivity contribution in [2.75, 3.05) is 13.2 Å². The molecule has 1 aromatic carbocycles. The van der Waals surface area contributed by atoms with E-state index in [1.165, 1.54) is 17.5 Å². The van der Waals surface area contributed by atoms with Crippen LogP contribution >= 0.6 is 0 Å². The summed E-state index contributed by atoms with van der Waals surface area (Å²) >= 11 is 0. The van der Waals surface area contributed by atoms with Crippen LogP contribution in [0.5, 0.6) is 5.75 Å². The van der Waals surface area contributed by atoms with Crippen molar-refractivity contribution in [3.63, 3.8) is 0 Å². The van der Waals surface area contributed by atoms with Crippen molar-refractivity contribution in [3.8, 4) is 5.75 Å². The number of aliphatic hydroxyl groups is 1. The SMILES string of the molecule is OC1CCCC1CNCc1ccc2c(c1)CCO2. The predicted molar refractivity (Wildman–Crippen MR) is 70.7 cm³/mol. The van der Waals surface area contributed by atoms with Crippen LogP contribution in [0, 0.1) is 5.92 Å². The maximum absolute atomic E-state index is 9.76. The molecule has 1 heterocycles. The van der Waals surface area contributed by atoms with Gasteiger partial charge in [-0.25, -0.2) is 0 Å². The first-order chi connectivity index (χ1) is 8.83. The van der Waals surface area contributed by atoms with Gasteiger partial charge < -0.3 is 15.2 Å². The lowest BCUT2D eigenvalue weighted by molar-refractivity contribution is 0.131. The van der Waals surface area contributed by atoms with E-state index in [2.05, 4.69) is 23.5 Å². The van der Waals surface area contributed by atoms with Gasteiger partial charge in [0.15, 0.2) is 0 Å². The number of hydrogen-bond acceptors (Lipinski definition) is 3. The molecule has 1 saturated carbocycles. The highest BCUT2D eigenvalue weighted by Gasteiger charge is 2.24. The molecule has 1 aliphatic carbocycles. The van der Waals surface area contributed by atoms with Crippen molar-refractivity contribution in [2.24, 2.45) is 5.92 Å². The maximum Gasteiger partial charge on any atom is 0.122 e. The van der Waals surface area contributed by atoms with Crippen LogP contribution in [-0.2, 0) is 13.0 Å². The molecule has 2 atom stereocenters. The third-order valence-corrected chi connectivity index (χ3v) is 4.11. The summed E-state index contributed by atoms with van der Waals surface area (Å²) in [4.78, 5) is 0. The first-order valence-electron chi connectivity index (χ1n) is 6.96. The van der Waals surface area contributed by atoms with Crippen LogP contribution < -0.4 is 10.1 Å². The summed E-state index contributed by atoms with van der Waals surface area (Å²) < 4.78 is 5.50. The van der Waals surface area contributed by atoms with Gasteiger partial charge in [0.25, 0.3) is 0 Å². The van der Waals surface area contributed by atoms with Crippen LogP contribution in [0.2, 0.25) is 0 Å². The zero-order chi connectivity index (χ0) is 12.4. The molecule has 18 heavy (non-hydrogen) atoms. The molecule has 0 bridgehead atoms. The van der Waals surface area contributed by atoms with Crippen molar-refractivity contribution < 1.29 is 9.84 Å². The first-order valence-corrected chi connectivity index (χ1v) is 6.96. The van der Waals surface area contributed by atoms with E-state index in [1.807, 2.05) is 0 Å². The Balaban J connectivity index is 1.51. The highest BCUT2D eigenvalue weighted by Crippen LogP contribution is 2.26. The van der Waals surface area contributed by atoms with Crippen molar-refractivity contribution in [2.45, 2.75) is 38.3 Å². The summed E-state index contributed by atoms with van der Waals surface area (Å²) in [7, 11) is 0. The van der Waals surface area contributed by atoms with E-state index in [0.29, 0.717) is 5.92 Å². The van der Waals surface area contributed by atoms with Gasteiger partial charge in [-0.05, 0) is 36.0 Å². The lowest BCUT2D eigenvalue weighted by atomic mass is 10.1. The Morgan fingerprint density at radius 1 is 1.33 bits per heavy atom. The minimum absolute atomic E-state index is 0.0917. The Bertz CT molecular complexity index is 419. The third kappa shape index (κ3) is 2.52. The number of nitrogens with one attached hydrogen (secondary N) is 1. The Hall–Kier alpha value is -1.06. The van der Waals surface area contributed by atoms with E-state index in [1.54, 1.807) is 0 Å². The number of rotatable bonds is 4. The molecule has 3 rings (SSSR count). The van der Waals surface area contributed by atoms with Crippen LogP contribution in [-0.4, -0.2) is 24.4 Å². The van der Waals surface area contributed by atoms with Gasteiger partial charge in [-0.1, -0.05) is 18.6 Å². The van der Waals surface area contributed by atoms with Crippen LogP contribution in [0.4, 0.5) is 0 Å². The van der Waals surface area contributed by atoms with E-state index < -0.39 is 0 Å². The van der Waals surface area contributed by atoms with Crippen molar-refractivity contribution >= 4 is 0 Å². The van der Waals surface area contributed by atoms with Crippen molar-refractivity contribution in [3.05, 3.63) is 29.3 Å². The zero-order valence-corrected chi connectivity index (χ0v) is 10.7. The average molecular weight is 247 g/mol. The van der Waals surface area contributed by atoms with Gasteiger partial charge in [-0.15, -0.1) is 0 Å². The van der Waals surface area contributed by atoms with Crippen molar-refractivity contribution in [1.29, 1.82) is 0 Å². The van der Waals surface area contributed by atoms with E-state index in [4.69, 9.17) is 4.74 Å². The van der Waals surface area contributed by atoms with Gasteiger partial charge in [0.1, 0.15) is 5.75 Å². The normalized spacial score (nSPS) is 26.1. The quantitative estimate of drug-likeness (QED) is 0.853. The van der Waals surface area contributed by atoms with Gasteiger partial charge in [0.05, 0.1) is 12.7 Å². The molecule has 98 valence electrons. The molecule has 2 aliphatic rings. The molecule has 2 unspecified atom stereocenters. The van der Waals surface area contributed by atoms with Gasteiger partial charge in [-0.3, -0.25) is 0 Å². The van der Waals surface area contributed by atoms with Crippen LogP contribution in [0.25, 0.3) is 0 Å². The Kier molecular flexibility index (Phi) is 3.52. The highest BCUT2D eigenvalue weighted by atomic mass is 16.5. The minimum Gasteiger partial charge on any atom is -0.493 e. The standard InChI is InChI=1S/C15H21NO2/c17-14-3-1-2-13(14)10-16-9-11-4-5-15-12(8-11)6-7-18-15/h4-5,8,13-14,16-17H,1-3,6-7,9-10H2. The molecular formula is C15H21NO2. The molecule has 3 nitrogen and oxygen atoms in total. The molecule has 2 N–H and O–H groups in total. The number of aliphatic hydroxyl groups excluding tert-OH is 1. The topological polar surface area (TPSA) is 41.5 Å². The highest BCUT2D eigenvalue weighted by molar-refractivity contribution is 5.39. The zero-order valence-electron chi connectivity index (χ0n) is 10.7. The smallest absolute Gasteiger partial charge is 0.122 e. The predicted octanol–water partition coefficient (Wildman–Crippen LogP) is 1.87. The lowest BCUT2D eigenvalue weighted by Crippen LogP contribution is -2.27. The fourth-order valence-corrected chi connectivity index (χ4v) is 3.01. The third-order valence-electron chi connectivity index (χ3n) is 4.11. The van der Waals surface area contributed by atoms with Gasteiger partial charge in [0, 0.05) is 19.5 Å². The molecule has 0 amide bonds. The second-order valence-electron chi connectivity index (χ2n) is 5.43. The summed E-state index contributed by atoms with van der Waals surface area (Å²) in [5.41, 5.74) is 2.64. The molecule has 0 aromatic heterocycles. The lowest BCUT2D eigenvalue weighted by Gasteiger charge is -2.15.